The minimum atomic E-state index is -0.215. The van der Waals surface area contributed by atoms with Crippen molar-refractivity contribution in [2.45, 2.75) is 60.0 Å². The Labute approximate surface area is 99.4 Å². The highest BCUT2D eigenvalue weighted by Crippen LogP contribution is 2.09. The van der Waals surface area contributed by atoms with Gasteiger partial charge in [-0.05, 0) is 39.7 Å². The van der Waals surface area contributed by atoms with E-state index in [4.69, 9.17) is 4.74 Å². The summed E-state index contributed by atoms with van der Waals surface area (Å²) in [5.74, 6) is -0.215. The maximum absolute atomic E-state index is 11.6. The van der Waals surface area contributed by atoms with E-state index in [2.05, 4.69) is 13.0 Å². The van der Waals surface area contributed by atoms with Crippen LogP contribution < -0.4 is 0 Å². The summed E-state index contributed by atoms with van der Waals surface area (Å²) in [5, 5.41) is 0. The van der Waals surface area contributed by atoms with Gasteiger partial charge in [0.1, 0.15) is 0 Å². The van der Waals surface area contributed by atoms with Crippen LogP contribution in [0.25, 0.3) is 0 Å². The van der Waals surface area contributed by atoms with Crippen LogP contribution in [0.3, 0.4) is 0 Å². The molecule has 0 aromatic heterocycles. The van der Waals surface area contributed by atoms with Crippen LogP contribution in [0.1, 0.15) is 53.9 Å². The van der Waals surface area contributed by atoms with E-state index in [0.29, 0.717) is 5.57 Å². The molecule has 2 heteroatoms. The summed E-state index contributed by atoms with van der Waals surface area (Å²) in [6.07, 6.45) is 7.53. The number of carbonyl (C=O) groups is 1. The molecule has 0 amide bonds. The molecule has 0 aromatic carbocycles. The molecule has 0 saturated heterocycles. The number of hydrogen-bond acceptors (Lipinski definition) is 2. The van der Waals surface area contributed by atoms with Crippen LogP contribution in [0.5, 0.6) is 0 Å². The summed E-state index contributed by atoms with van der Waals surface area (Å²) in [6, 6.07) is 0. The van der Waals surface area contributed by atoms with Gasteiger partial charge in [0.25, 0.3) is 0 Å². The van der Waals surface area contributed by atoms with Gasteiger partial charge >= 0.3 is 5.97 Å². The lowest BCUT2D eigenvalue weighted by molar-refractivity contribution is -0.142. The number of carbonyl (C=O) groups excluding carboxylic acids is 1. The molecule has 92 valence electrons. The minimum Gasteiger partial charge on any atom is -0.460 e. The standard InChI is InChI=1S/C14H24O2/c1-6-7-8-9-10-12(4)13(5)14(15)16-11(2)3/h9-11H,6-8H2,1-5H3. The van der Waals surface area contributed by atoms with Crippen molar-refractivity contribution in [1.82, 2.24) is 0 Å². The van der Waals surface area contributed by atoms with Crippen molar-refractivity contribution in [3.63, 3.8) is 0 Å². The van der Waals surface area contributed by atoms with Gasteiger partial charge in [-0.3, -0.25) is 0 Å². The summed E-state index contributed by atoms with van der Waals surface area (Å²) in [6.45, 7) is 9.64. The molecule has 0 bridgehead atoms. The van der Waals surface area contributed by atoms with E-state index >= 15 is 0 Å². The molecule has 0 fully saturated rings. The molecule has 0 aliphatic carbocycles. The van der Waals surface area contributed by atoms with Crippen LogP contribution in [0, 0.1) is 0 Å². The number of ether oxygens (including phenoxy) is 1. The first kappa shape index (κ1) is 14.9. The first-order chi connectivity index (χ1) is 7.49. The number of rotatable bonds is 6. The molecular weight excluding hydrogens is 200 g/mol. The maximum Gasteiger partial charge on any atom is 0.334 e. The van der Waals surface area contributed by atoms with Crippen molar-refractivity contribution in [3.8, 4) is 0 Å². The first-order valence-corrected chi connectivity index (χ1v) is 6.04. The van der Waals surface area contributed by atoms with Crippen LogP contribution in [-0.4, -0.2) is 12.1 Å². The van der Waals surface area contributed by atoms with E-state index in [0.717, 1.165) is 12.0 Å². The smallest absolute Gasteiger partial charge is 0.334 e. The fourth-order valence-electron chi connectivity index (χ4n) is 1.17. The number of hydrogen-bond donors (Lipinski definition) is 0. The Hall–Kier alpha value is -1.05. The monoisotopic (exact) mass is 224 g/mol. The molecule has 0 heterocycles. The van der Waals surface area contributed by atoms with Crippen LogP contribution >= 0.6 is 0 Å². The molecule has 0 saturated carbocycles. The predicted molar refractivity (Wildman–Crippen MR) is 68.3 cm³/mol. The molecule has 0 spiro atoms. The zero-order chi connectivity index (χ0) is 12.6. The molecule has 0 rings (SSSR count). The average molecular weight is 224 g/mol. The topological polar surface area (TPSA) is 26.3 Å². The third-order valence-corrected chi connectivity index (χ3v) is 2.33. The fourth-order valence-corrected chi connectivity index (χ4v) is 1.17. The molecule has 0 aliphatic heterocycles. The molecule has 0 unspecified atom stereocenters. The van der Waals surface area contributed by atoms with E-state index in [1.807, 2.05) is 33.8 Å². The van der Waals surface area contributed by atoms with E-state index in [1.54, 1.807) is 0 Å². The normalized spacial score (nSPS) is 13.1. The number of esters is 1. The van der Waals surface area contributed by atoms with Crippen LogP contribution in [0.4, 0.5) is 0 Å². The number of unbranched alkanes of at least 4 members (excludes halogenated alkanes) is 2. The maximum atomic E-state index is 11.6. The number of allylic oxidation sites excluding steroid dienone is 3. The van der Waals surface area contributed by atoms with Gasteiger partial charge in [-0.15, -0.1) is 0 Å². The van der Waals surface area contributed by atoms with E-state index in [9.17, 15) is 4.79 Å². The SMILES string of the molecule is CCCCC=CC(C)=C(C)C(=O)OC(C)C. The Morgan fingerprint density at radius 1 is 1.31 bits per heavy atom. The van der Waals surface area contributed by atoms with Crippen LogP contribution in [0.15, 0.2) is 23.3 Å². The molecule has 0 atom stereocenters. The van der Waals surface area contributed by atoms with Gasteiger partial charge in [0, 0.05) is 5.57 Å². The highest BCUT2D eigenvalue weighted by Gasteiger charge is 2.09. The first-order valence-electron chi connectivity index (χ1n) is 6.04. The molecule has 0 N–H and O–H groups in total. The second-order valence-electron chi connectivity index (χ2n) is 4.31. The van der Waals surface area contributed by atoms with Gasteiger partial charge in [0.2, 0.25) is 0 Å². The quantitative estimate of drug-likeness (QED) is 0.295. The zero-order valence-corrected chi connectivity index (χ0v) is 11.2. The lowest BCUT2D eigenvalue weighted by atomic mass is 10.1. The third-order valence-electron chi connectivity index (χ3n) is 2.33. The summed E-state index contributed by atoms with van der Waals surface area (Å²) in [5.41, 5.74) is 1.68. The lowest BCUT2D eigenvalue weighted by Gasteiger charge is -2.09. The Morgan fingerprint density at radius 2 is 1.94 bits per heavy atom. The van der Waals surface area contributed by atoms with Crippen LogP contribution in [0.2, 0.25) is 0 Å². The molecular formula is C14H24O2. The van der Waals surface area contributed by atoms with Gasteiger partial charge < -0.3 is 4.74 Å². The summed E-state index contributed by atoms with van der Waals surface area (Å²) >= 11 is 0. The molecule has 0 aromatic rings. The van der Waals surface area contributed by atoms with E-state index < -0.39 is 0 Å². The minimum absolute atomic E-state index is 0.0562. The van der Waals surface area contributed by atoms with Crippen molar-refractivity contribution in [2.24, 2.45) is 0 Å². The van der Waals surface area contributed by atoms with Crippen molar-refractivity contribution < 1.29 is 9.53 Å². The largest absolute Gasteiger partial charge is 0.460 e. The van der Waals surface area contributed by atoms with Gasteiger partial charge in [-0.25, -0.2) is 4.79 Å². The highest BCUT2D eigenvalue weighted by atomic mass is 16.5. The Bertz CT molecular complexity index is 272. The summed E-state index contributed by atoms with van der Waals surface area (Å²) in [7, 11) is 0. The van der Waals surface area contributed by atoms with Gasteiger partial charge in [-0.1, -0.05) is 31.9 Å². The summed E-state index contributed by atoms with van der Waals surface area (Å²) in [4.78, 5) is 11.6. The van der Waals surface area contributed by atoms with Crippen LogP contribution in [-0.2, 0) is 9.53 Å². The molecule has 0 aliphatic rings. The Balaban J connectivity index is 4.33. The van der Waals surface area contributed by atoms with Crippen molar-refractivity contribution in [2.75, 3.05) is 0 Å². The fraction of sp³-hybridized carbons (Fsp3) is 0.643. The molecule has 16 heavy (non-hydrogen) atoms. The van der Waals surface area contributed by atoms with Crippen molar-refractivity contribution >= 4 is 5.97 Å². The van der Waals surface area contributed by atoms with E-state index in [1.165, 1.54) is 12.8 Å². The molecule has 0 radical (unpaired) electrons. The van der Waals surface area contributed by atoms with Crippen molar-refractivity contribution in [3.05, 3.63) is 23.3 Å². The highest BCUT2D eigenvalue weighted by molar-refractivity contribution is 5.89. The second kappa shape index (κ2) is 8.14. The van der Waals surface area contributed by atoms with Gasteiger partial charge in [0.15, 0.2) is 0 Å². The summed E-state index contributed by atoms with van der Waals surface area (Å²) < 4.78 is 5.13. The van der Waals surface area contributed by atoms with Gasteiger partial charge in [-0.2, -0.15) is 0 Å². The lowest BCUT2D eigenvalue weighted by Crippen LogP contribution is -2.12. The van der Waals surface area contributed by atoms with E-state index in [-0.39, 0.29) is 12.1 Å². The van der Waals surface area contributed by atoms with Crippen molar-refractivity contribution in [1.29, 1.82) is 0 Å². The van der Waals surface area contributed by atoms with Gasteiger partial charge in [0.05, 0.1) is 6.10 Å². The Morgan fingerprint density at radius 3 is 2.44 bits per heavy atom. The molecule has 2 nitrogen and oxygen atoms in total. The third kappa shape index (κ3) is 6.44. The predicted octanol–water partition coefficient (Wildman–Crippen LogP) is 4.02. The Kier molecular flexibility index (Phi) is 7.61. The second-order valence-corrected chi connectivity index (χ2v) is 4.31. The average Bonchev–Trinajstić information content (AvgIpc) is 2.22. The zero-order valence-electron chi connectivity index (χ0n) is 11.2.